The Kier molecular flexibility index (Phi) is 5.82. The Hall–Kier alpha value is -0.870. The highest BCUT2D eigenvalue weighted by Gasteiger charge is 2.17. The van der Waals surface area contributed by atoms with Gasteiger partial charge in [-0.3, -0.25) is 0 Å². The van der Waals surface area contributed by atoms with Gasteiger partial charge in [0.2, 0.25) is 0 Å². The quantitative estimate of drug-likeness (QED) is 0.827. The summed E-state index contributed by atoms with van der Waals surface area (Å²) >= 11 is 0. The Labute approximate surface area is 110 Å². The number of benzene rings is 1. The van der Waals surface area contributed by atoms with Crippen LogP contribution in [-0.4, -0.2) is 31.6 Å². The van der Waals surface area contributed by atoms with E-state index >= 15 is 0 Å². The van der Waals surface area contributed by atoms with Crippen molar-refractivity contribution in [2.75, 3.05) is 18.1 Å². The van der Waals surface area contributed by atoms with Gasteiger partial charge in [0, 0.05) is 18.3 Å². The maximum absolute atomic E-state index is 11.7. The van der Waals surface area contributed by atoms with E-state index in [1.165, 1.54) is 0 Å². The lowest BCUT2D eigenvalue weighted by Crippen LogP contribution is -2.16. The van der Waals surface area contributed by atoms with Crippen LogP contribution in [0.15, 0.2) is 24.3 Å². The second-order valence-electron chi connectivity index (χ2n) is 4.68. The molecular weight excluding hydrogens is 248 g/mol. The maximum atomic E-state index is 11.7. The molecule has 0 spiro atoms. The fourth-order valence-electron chi connectivity index (χ4n) is 2.12. The van der Waals surface area contributed by atoms with Crippen LogP contribution in [0.4, 0.5) is 0 Å². The van der Waals surface area contributed by atoms with E-state index in [0.29, 0.717) is 12.8 Å². The second kappa shape index (κ2) is 6.90. The van der Waals surface area contributed by atoms with Crippen molar-refractivity contribution in [1.29, 1.82) is 0 Å². The SMILES string of the molecule is CCCS(=O)(=O)CCC(CO)c1ccccc1C. The van der Waals surface area contributed by atoms with Crippen LogP contribution >= 0.6 is 0 Å². The van der Waals surface area contributed by atoms with E-state index < -0.39 is 9.84 Å². The summed E-state index contributed by atoms with van der Waals surface area (Å²) in [6.45, 7) is 3.84. The molecule has 0 bridgehead atoms. The molecule has 18 heavy (non-hydrogen) atoms. The molecule has 1 rings (SSSR count). The largest absolute Gasteiger partial charge is 0.396 e. The summed E-state index contributed by atoms with van der Waals surface area (Å²) in [7, 11) is -2.97. The summed E-state index contributed by atoms with van der Waals surface area (Å²) in [6, 6.07) is 7.81. The van der Waals surface area contributed by atoms with Crippen LogP contribution in [0.2, 0.25) is 0 Å². The molecule has 0 aliphatic carbocycles. The molecule has 102 valence electrons. The van der Waals surface area contributed by atoms with Crippen LogP contribution in [0, 0.1) is 6.92 Å². The first kappa shape index (κ1) is 15.2. The molecule has 0 aliphatic rings. The third-order valence-corrected chi connectivity index (χ3v) is 5.03. The highest BCUT2D eigenvalue weighted by molar-refractivity contribution is 7.91. The predicted molar refractivity (Wildman–Crippen MR) is 74.6 cm³/mol. The summed E-state index contributed by atoms with van der Waals surface area (Å²) in [6.07, 6.45) is 1.14. The van der Waals surface area contributed by atoms with Gasteiger partial charge >= 0.3 is 0 Å². The lowest BCUT2D eigenvalue weighted by atomic mass is 9.93. The number of aliphatic hydroxyl groups excluding tert-OH is 1. The van der Waals surface area contributed by atoms with Crippen molar-refractivity contribution in [3.63, 3.8) is 0 Å². The molecule has 1 atom stereocenters. The Morgan fingerprint density at radius 3 is 2.44 bits per heavy atom. The van der Waals surface area contributed by atoms with Crippen molar-refractivity contribution in [2.45, 2.75) is 32.6 Å². The number of sulfone groups is 1. The fraction of sp³-hybridized carbons (Fsp3) is 0.571. The molecule has 0 saturated heterocycles. The molecule has 1 aromatic rings. The number of aliphatic hydroxyl groups is 1. The zero-order chi connectivity index (χ0) is 13.6. The van der Waals surface area contributed by atoms with E-state index in [9.17, 15) is 13.5 Å². The lowest BCUT2D eigenvalue weighted by Gasteiger charge is -2.16. The molecule has 1 unspecified atom stereocenters. The van der Waals surface area contributed by atoms with Gasteiger partial charge in [-0.2, -0.15) is 0 Å². The standard InChI is InChI=1S/C14H22O3S/c1-3-9-18(16,17)10-8-13(11-15)14-7-5-4-6-12(14)2/h4-7,13,15H,3,8-11H2,1-2H3. The average molecular weight is 270 g/mol. The van der Waals surface area contributed by atoms with Crippen LogP contribution in [0.1, 0.15) is 36.8 Å². The number of hydrogen-bond acceptors (Lipinski definition) is 3. The Morgan fingerprint density at radius 2 is 1.89 bits per heavy atom. The average Bonchev–Trinajstić information content (AvgIpc) is 2.32. The van der Waals surface area contributed by atoms with Gasteiger partial charge in [0.25, 0.3) is 0 Å². The van der Waals surface area contributed by atoms with Gasteiger partial charge < -0.3 is 5.11 Å². The van der Waals surface area contributed by atoms with E-state index in [2.05, 4.69) is 0 Å². The molecule has 0 aliphatic heterocycles. The van der Waals surface area contributed by atoms with Crippen molar-refractivity contribution in [3.8, 4) is 0 Å². The van der Waals surface area contributed by atoms with Gasteiger partial charge in [-0.15, -0.1) is 0 Å². The summed E-state index contributed by atoms with van der Waals surface area (Å²) in [5.74, 6) is 0.303. The Balaban J connectivity index is 2.72. The minimum absolute atomic E-state index is 0.00744. The van der Waals surface area contributed by atoms with Gasteiger partial charge in [0.05, 0.1) is 5.75 Å². The monoisotopic (exact) mass is 270 g/mol. The summed E-state index contributed by atoms with van der Waals surface area (Å²) < 4.78 is 23.4. The first-order valence-corrected chi connectivity index (χ1v) is 8.19. The number of rotatable bonds is 7. The van der Waals surface area contributed by atoms with Crippen LogP contribution < -0.4 is 0 Å². The second-order valence-corrected chi connectivity index (χ2v) is 6.98. The van der Waals surface area contributed by atoms with Gasteiger partial charge in [-0.05, 0) is 30.9 Å². The smallest absolute Gasteiger partial charge is 0.150 e. The minimum Gasteiger partial charge on any atom is -0.396 e. The normalized spacial score (nSPS) is 13.5. The molecule has 4 heteroatoms. The Morgan fingerprint density at radius 1 is 1.22 bits per heavy atom. The van der Waals surface area contributed by atoms with Crippen molar-refractivity contribution >= 4 is 9.84 Å². The summed E-state index contributed by atoms with van der Waals surface area (Å²) in [5, 5.41) is 9.44. The molecule has 0 heterocycles. The molecule has 0 aromatic heterocycles. The van der Waals surface area contributed by atoms with E-state index in [0.717, 1.165) is 11.1 Å². The van der Waals surface area contributed by atoms with E-state index in [-0.39, 0.29) is 24.0 Å². The molecular formula is C14H22O3S. The fourth-order valence-corrected chi connectivity index (χ4v) is 3.59. The van der Waals surface area contributed by atoms with Crippen LogP contribution in [0.5, 0.6) is 0 Å². The highest BCUT2D eigenvalue weighted by atomic mass is 32.2. The van der Waals surface area contributed by atoms with Crippen LogP contribution in [0.3, 0.4) is 0 Å². The van der Waals surface area contributed by atoms with Gasteiger partial charge in [-0.1, -0.05) is 31.2 Å². The topological polar surface area (TPSA) is 54.4 Å². The van der Waals surface area contributed by atoms with Gasteiger partial charge in [0.1, 0.15) is 9.84 Å². The van der Waals surface area contributed by atoms with E-state index in [4.69, 9.17) is 0 Å². The van der Waals surface area contributed by atoms with Crippen LogP contribution in [-0.2, 0) is 9.84 Å². The van der Waals surface area contributed by atoms with E-state index in [1.54, 1.807) is 0 Å². The van der Waals surface area contributed by atoms with E-state index in [1.807, 2.05) is 38.1 Å². The third kappa shape index (κ3) is 4.42. The lowest BCUT2D eigenvalue weighted by molar-refractivity contribution is 0.262. The molecule has 3 nitrogen and oxygen atoms in total. The molecule has 1 aromatic carbocycles. The van der Waals surface area contributed by atoms with Gasteiger partial charge in [0.15, 0.2) is 0 Å². The summed E-state index contributed by atoms with van der Waals surface area (Å²) in [4.78, 5) is 0. The molecule has 0 radical (unpaired) electrons. The van der Waals surface area contributed by atoms with Crippen LogP contribution in [0.25, 0.3) is 0 Å². The molecule has 1 N–H and O–H groups in total. The number of aryl methyl sites for hydroxylation is 1. The zero-order valence-electron chi connectivity index (χ0n) is 11.1. The maximum Gasteiger partial charge on any atom is 0.150 e. The first-order valence-electron chi connectivity index (χ1n) is 6.37. The first-order chi connectivity index (χ1) is 8.50. The molecule has 0 saturated carbocycles. The minimum atomic E-state index is -2.97. The third-order valence-electron chi connectivity index (χ3n) is 3.14. The van der Waals surface area contributed by atoms with Gasteiger partial charge in [-0.25, -0.2) is 8.42 Å². The predicted octanol–water partition coefficient (Wildman–Crippen LogP) is 2.29. The highest BCUT2D eigenvalue weighted by Crippen LogP contribution is 2.23. The Bertz CT molecular complexity index is 466. The zero-order valence-corrected chi connectivity index (χ0v) is 11.9. The van der Waals surface area contributed by atoms with Crippen molar-refractivity contribution in [3.05, 3.63) is 35.4 Å². The number of hydrogen-bond donors (Lipinski definition) is 1. The summed E-state index contributed by atoms with van der Waals surface area (Å²) in [5.41, 5.74) is 2.15. The van der Waals surface area contributed by atoms with Crippen molar-refractivity contribution < 1.29 is 13.5 Å². The molecule has 0 fully saturated rings. The van der Waals surface area contributed by atoms with Crippen molar-refractivity contribution in [2.24, 2.45) is 0 Å². The van der Waals surface area contributed by atoms with Crippen molar-refractivity contribution in [1.82, 2.24) is 0 Å². The molecule has 0 amide bonds.